The van der Waals surface area contributed by atoms with Crippen LogP contribution in [0.2, 0.25) is 0 Å². The third-order valence-corrected chi connectivity index (χ3v) is 6.96. The van der Waals surface area contributed by atoms with Gasteiger partial charge in [-0.2, -0.15) is 0 Å². The van der Waals surface area contributed by atoms with Crippen molar-refractivity contribution in [3.05, 3.63) is 71.6 Å². The Morgan fingerprint density at radius 1 is 0.818 bits per heavy atom. The summed E-state index contributed by atoms with van der Waals surface area (Å²) in [5, 5.41) is 6.54. The van der Waals surface area contributed by atoms with E-state index in [1.165, 1.54) is 49.8 Å². The molecule has 3 aromatic rings. The number of nitrogens with zero attached hydrogens (tertiary/aromatic N) is 1. The summed E-state index contributed by atoms with van der Waals surface area (Å²) >= 11 is 1.50. The predicted molar refractivity (Wildman–Crippen MR) is 165 cm³/mol. The molecule has 0 atom stereocenters. The number of carbonyl (C=O) groups is 5. The second kappa shape index (κ2) is 15.9. The van der Waals surface area contributed by atoms with E-state index in [-0.39, 0.29) is 30.0 Å². The molecular formula is C31H33N3O9S. The van der Waals surface area contributed by atoms with E-state index < -0.39 is 42.9 Å². The van der Waals surface area contributed by atoms with Gasteiger partial charge >= 0.3 is 24.0 Å². The van der Waals surface area contributed by atoms with Gasteiger partial charge in [0.2, 0.25) is 0 Å². The number of carbonyl (C=O) groups excluding carboxylic acids is 5. The number of anilines is 1. The standard InChI is InChI=1S/C31H33N3O9S/c1-6-42-26(35)17-32-30(38)34(31(39)33-18-27(36)43-7-2)22-12-10-20(11-13-22)28(37)19(3)21-15-23(25-9-8-14-44-25)29(41-5)24(16-21)40-4/h8-16H,3,6-7,17-18H2,1-2,4-5H3,(H,32,38)(H,33,39). The highest BCUT2D eigenvalue weighted by Gasteiger charge is 2.26. The smallest absolute Gasteiger partial charge is 0.330 e. The Labute approximate surface area is 258 Å². The maximum Gasteiger partial charge on any atom is 0.330 e. The number of hydrogen-bond donors (Lipinski definition) is 2. The molecule has 0 unspecified atom stereocenters. The quantitative estimate of drug-likeness (QED) is 0.157. The lowest BCUT2D eigenvalue weighted by atomic mass is 9.95. The van der Waals surface area contributed by atoms with E-state index in [1.54, 1.807) is 26.0 Å². The fraction of sp³-hybridized carbons (Fsp3) is 0.258. The average Bonchev–Trinajstić information content (AvgIpc) is 3.57. The molecule has 4 amide bonds. The third-order valence-electron chi connectivity index (χ3n) is 6.06. The maximum absolute atomic E-state index is 13.5. The molecule has 0 bridgehead atoms. The van der Waals surface area contributed by atoms with Crippen molar-refractivity contribution in [1.29, 1.82) is 0 Å². The Hall–Kier alpha value is -5.17. The third kappa shape index (κ3) is 8.22. The van der Waals surface area contributed by atoms with Crippen molar-refractivity contribution in [2.75, 3.05) is 45.4 Å². The first-order valence-electron chi connectivity index (χ1n) is 13.5. The first-order valence-corrected chi connectivity index (χ1v) is 14.3. The molecule has 0 saturated heterocycles. The van der Waals surface area contributed by atoms with Gasteiger partial charge < -0.3 is 29.6 Å². The van der Waals surface area contributed by atoms with E-state index in [0.29, 0.717) is 22.0 Å². The molecule has 0 spiro atoms. The zero-order valence-corrected chi connectivity index (χ0v) is 25.6. The highest BCUT2D eigenvalue weighted by molar-refractivity contribution is 7.13. The zero-order chi connectivity index (χ0) is 32.2. The second-order valence-corrected chi connectivity index (χ2v) is 9.80. The van der Waals surface area contributed by atoms with Crippen LogP contribution in [0, 0.1) is 0 Å². The molecule has 0 aliphatic carbocycles. The molecule has 0 aliphatic heterocycles. The number of imide groups is 1. The van der Waals surface area contributed by atoms with Crippen LogP contribution in [0.5, 0.6) is 11.5 Å². The molecule has 0 saturated carbocycles. The summed E-state index contributed by atoms with van der Waals surface area (Å²) < 4.78 is 20.7. The van der Waals surface area contributed by atoms with Gasteiger partial charge in [0.25, 0.3) is 0 Å². The van der Waals surface area contributed by atoms with Crippen LogP contribution in [-0.2, 0) is 19.1 Å². The number of hydrogen-bond acceptors (Lipinski definition) is 10. The molecule has 44 heavy (non-hydrogen) atoms. The van der Waals surface area contributed by atoms with Crippen LogP contribution in [0.15, 0.2) is 60.5 Å². The average molecular weight is 624 g/mol. The van der Waals surface area contributed by atoms with Crippen molar-refractivity contribution in [1.82, 2.24) is 10.6 Å². The predicted octanol–water partition coefficient (Wildman–Crippen LogP) is 4.68. The van der Waals surface area contributed by atoms with Gasteiger partial charge in [0.05, 0.1) is 33.1 Å². The van der Waals surface area contributed by atoms with Gasteiger partial charge in [-0.3, -0.25) is 14.4 Å². The lowest BCUT2D eigenvalue weighted by Gasteiger charge is -2.22. The summed E-state index contributed by atoms with van der Waals surface area (Å²) in [5.41, 5.74) is 1.71. The van der Waals surface area contributed by atoms with Gasteiger partial charge in [-0.15, -0.1) is 11.3 Å². The monoisotopic (exact) mass is 623 g/mol. The summed E-state index contributed by atoms with van der Waals surface area (Å²) in [5.74, 6) is -0.873. The normalized spacial score (nSPS) is 10.3. The molecule has 1 heterocycles. The summed E-state index contributed by atoms with van der Waals surface area (Å²) in [4.78, 5) is 64.5. The number of ether oxygens (including phenoxy) is 4. The highest BCUT2D eigenvalue weighted by Crippen LogP contribution is 2.42. The number of ketones is 1. The van der Waals surface area contributed by atoms with Crippen LogP contribution in [-0.4, -0.2) is 70.3 Å². The van der Waals surface area contributed by atoms with Gasteiger partial charge in [0.15, 0.2) is 17.3 Å². The minimum atomic E-state index is -0.964. The van der Waals surface area contributed by atoms with Crippen LogP contribution >= 0.6 is 11.3 Å². The highest BCUT2D eigenvalue weighted by atomic mass is 32.1. The molecular weight excluding hydrogens is 590 g/mol. The van der Waals surface area contributed by atoms with E-state index in [0.717, 1.165) is 10.4 Å². The number of thiophene rings is 1. The van der Waals surface area contributed by atoms with E-state index in [9.17, 15) is 24.0 Å². The van der Waals surface area contributed by atoms with Crippen LogP contribution in [0.25, 0.3) is 16.0 Å². The summed E-state index contributed by atoms with van der Waals surface area (Å²) in [7, 11) is 3.04. The Balaban J connectivity index is 1.88. The number of amides is 4. The number of methoxy groups -OCH3 is 2. The Kier molecular flexibility index (Phi) is 12.0. The molecule has 232 valence electrons. The van der Waals surface area contributed by atoms with Crippen molar-refractivity contribution in [3.8, 4) is 21.9 Å². The first kappa shape index (κ1) is 33.3. The molecule has 2 N–H and O–H groups in total. The van der Waals surface area contributed by atoms with E-state index in [2.05, 4.69) is 17.2 Å². The Morgan fingerprint density at radius 3 is 1.89 bits per heavy atom. The molecule has 0 radical (unpaired) electrons. The van der Waals surface area contributed by atoms with Gasteiger partial charge in [-0.25, -0.2) is 14.5 Å². The Morgan fingerprint density at radius 2 is 1.41 bits per heavy atom. The minimum Gasteiger partial charge on any atom is -0.493 e. The zero-order valence-electron chi connectivity index (χ0n) is 24.8. The van der Waals surface area contributed by atoms with Crippen LogP contribution in [0.4, 0.5) is 15.3 Å². The van der Waals surface area contributed by atoms with Gasteiger partial charge in [0.1, 0.15) is 13.1 Å². The van der Waals surface area contributed by atoms with Gasteiger partial charge in [-0.1, -0.05) is 12.6 Å². The van der Waals surface area contributed by atoms with E-state index in [1.807, 2.05) is 17.5 Å². The first-order chi connectivity index (χ1) is 21.1. The molecule has 0 fully saturated rings. The number of rotatable bonds is 13. The van der Waals surface area contributed by atoms with Crippen molar-refractivity contribution in [2.24, 2.45) is 0 Å². The molecule has 1 aromatic heterocycles. The molecule has 12 nitrogen and oxygen atoms in total. The molecule has 13 heteroatoms. The van der Waals surface area contributed by atoms with Crippen LogP contribution in [0.1, 0.15) is 29.8 Å². The van der Waals surface area contributed by atoms with Crippen LogP contribution < -0.4 is 25.0 Å². The second-order valence-electron chi connectivity index (χ2n) is 8.85. The summed E-state index contributed by atoms with van der Waals surface area (Å²) in [6.45, 7) is 6.46. The van der Waals surface area contributed by atoms with Crippen molar-refractivity contribution in [3.63, 3.8) is 0 Å². The fourth-order valence-corrected chi connectivity index (χ4v) is 4.76. The SMILES string of the molecule is C=C(C(=O)c1ccc(N(C(=O)NCC(=O)OCC)C(=O)NCC(=O)OCC)cc1)c1cc(OC)c(OC)c(-c2cccs2)c1. The number of allylic oxidation sites excluding steroid dienone is 1. The number of urea groups is 2. The summed E-state index contributed by atoms with van der Waals surface area (Å²) in [6.07, 6.45) is 0. The van der Waals surface area contributed by atoms with Crippen LogP contribution in [0.3, 0.4) is 0 Å². The van der Waals surface area contributed by atoms with Gasteiger partial charge in [-0.05, 0) is 67.3 Å². The van der Waals surface area contributed by atoms with E-state index in [4.69, 9.17) is 18.9 Å². The minimum absolute atomic E-state index is 0.0565. The number of nitrogens with one attached hydrogen (secondary N) is 2. The maximum atomic E-state index is 13.5. The molecule has 0 aliphatic rings. The van der Waals surface area contributed by atoms with Crippen molar-refractivity contribution >= 4 is 52.4 Å². The molecule has 2 aromatic carbocycles. The van der Waals surface area contributed by atoms with Gasteiger partial charge in [0, 0.05) is 21.6 Å². The number of benzene rings is 2. The largest absolute Gasteiger partial charge is 0.493 e. The fourth-order valence-electron chi connectivity index (χ4n) is 4.03. The summed E-state index contributed by atoms with van der Waals surface area (Å²) in [6, 6.07) is 11.0. The van der Waals surface area contributed by atoms with Crippen molar-refractivity contribution in [2.45, 2.75) is 13.8 Å². The van der Waals surface area contributed by atoms with E-state index >= 15 is 0 Å². The Bertz CT molecular complexity index is 1480. The van der Waals surface area contributed by atoms with Crippen molar-refractivity contribution < 1.29 is 42.9 Å². The lowest BCUT2D eigenvalue weighted by Crippen LogP contribution is -2.51. The topological polar surface area (TPSA) is 150 Å². The number of esters is 2. The number of Topliss-reactive ketones (excluding diaryl/α,β-unsaturated/α-hetero) is 1. The molecule has 3 rings (SSSR count). The lowest BCUT2D eigenvalue weighted by molar-refractivity contribution is -0.142.